The van der Waals surface area contributed by atoms with Crippen molar-refractivity contribution in [3.8, 4) is 0 Å². The number of piperidine rings is 1. The normalized spacial score (nSPS) is 20.3. The van der Waals surface area contributed by atoms with Gasteiger partial charge in [0.1, 0.15) is 0 Å². The molecule has 110 valence electrons. The molecule has 1 atom stereocenters. The molecule has 1 heterocycles. The number of carbonyl (C=O) groups excluding carboxylic acids is 2. The van der Waals surface area contributed by atoms with Crippen LogP contribution in [-0.4, -0.2) is 47.8 Å². The van der Waals surface area contributed by atoms with Crippen molar-refractivity contribution in [1.82, 2.24) is 9.80 Å². The maximum atomic E-state index is 12.4. The van der Waals surface area contributed by atoms with E-state index >= 15 is 0 Å². The second kappa shape index (κ2) is 6.40. The van der Waals surface area contributed by atoms with Crippen LogP contribution in [0.5, 0.6) is 0 Å². The molecule has 0 aromatic rings. The molecule has 1 rings (SSSR count). The van der Waals surface area contributed by atoms with E-state index in [4.69, 9.17) is 0 Å². The Morgan fingerprint density at radius 2 is 1.79 bits per heavy atom. The van der Waals surface area contributed by atoms with E-state index in [1.165, 1.54) is 0 Å². The molecule has 4 nitrogen and oxygen atoms in total. The van der Waals surface area contributed by atoms with Gasteiger partial charge in [0.05, 0.1) is 5.92 Å². The van der Waals surface area contributed by atoms with E-state index in [-0.39, 0.29) is 23.1 Å². The number of carbonyl (C=O) groups is 2. The van der Waals surface area contributed by atoms with Crippen LogP contribution in [0.25, 0.3) is 0 Å². The molecule has 1 aliphatic heterocycles. The number of likely N-dealkylation sites (tertiary alicyclic amines) is 1. The molecule has 0 spiro atoms. The predicted octanol–water partition coefficient (Wildman–Crippen LogP) is 2.14. The van der Waals surface area contributed by atoms with Gasteiger partial charge in [-0.05, 0) is 26.7 Å². The highest BCUT2D eigenvalue weighted by Crippen LogP contribution is 2.24. The van der Waals surface area contributed by atoms with Crippen LogP contribution in [0.15, 0.2) is 0 Å². The standard InChI is InChI=1S/C15H28N2O2/c1-6-16(7-2)13(18)12-9-8-10-17(11-12)14(19)15(3,4)5/h12H,6-11H2,1-5H3/t12-/m1/s1. The van der Waals surface area contributed by atoms with Crippen molar-refractivity contribution in [3.05, 3.63) is 0 Å². The minimum absolute atomic E-state index is 0.0139. The Labute approximate surface area is 117 Å². The van der Waals surface area contributed by atoms with Crippen LogP contribution < -0.4 is 0 Å². The van der Waals surface area contributed by atoms with Crippen molar-refractivity contribution >= 4 is 11.8 Å². The van der Waals surface area contributed by atoms with Gasteiger partial charge in [-0.3, -0.25) is 9.59 Å². The lowest BCUT2D eigenvalue weighted by atomic mass is 9.90. The molecular weight excluding hydrogens is 240 g/mol. The smallest absolute Gasteiger partial charge is 0.227 e. The summed E-state index contributed by atoms with van der Waals surface area (Å²) >= 11 is 0. The third kappa shape index (κ3) is 3.95. The van der Waals surface area contributed by atoms with Crippen LogP contribution in [0.4, 0.5) is 0 Å². The van der Waals surface area contributed by atoms with E-state index in [1.807, 2.05) is 44.4 Å². The van der Waals surface area contributed by atoms with Gasteiger partial charge in [0.2, 0.25) is 11.8 Å². The molecule has 0 bridgehead atoms. The lowest BCUT2D eigenvalue weighted by molar-refractivity contribution is -0.145. The molecule has 2 amide bonds. The average Bonchev–Trinajstić information content (AvgIpc) is 2.38. The second-order valence-corrected chi connectivity index (χ2v) is 6.35. The first kappa shape index (κ1) is 16.0. The highest BCUT2D eigenvalue weighted by molar-refractivity contribution is 5.84. The topological polar surface area (TPSA) is 40.6 Å². The molecule has 0 aliphatic carbocycles. The summed E-state index contributed by atoms with van der Waals surface area (Å²) in [6.07, 6.45) is 1.84. The van der Waals surface area contributed by atoms with Gasteiger partial charge in [-0.2, -0.15) is 0 Å². The molecular formula is C15H28N2O2. The van der Waals surface area contributed by atoms with Crippen molar-refractivity contribution in [1.29, 1.82) is 0 Å². The van der Waals surface area contributed by atoms with E-state index in [0.717, 1.165) is 32.5 Å². The van der Waals surface area contributed by atoms with E-state index < -0.39 is 0 Å². The zero-order valence-electron chi connectivity index (χ0n) is 13.0. The summed E-state index contributed by atoms with van der Waals surface area (Å²) in [6.45, 7) is 12.7. The summed E-state index contributed by atoms with van der Waals surface area (Å²) in [5, 5.41) is 0. The Balaban J connectivity index is 2.69. The third-order valence-electron chi connectivity index (χ3n) is 3.77. The molecule has 0 aromatic carbocycles. The van der Waals surface area contributed by atoms with Gasteiger partial charge >= 0.3 is 0 Å². The van der Waals surface area contributed by atoms with Crippen molar-refractivity contribution < 1.29 is 9.59 Å². The molecule has 0 saturated carbocycles. The number of hydrogen-bond donors (Lipinski definition) is 0. The zero-order chi connectivity index (χ0) is 14.6. The van der Waals surface area contributed by atoms with E-state index in [0.29, 0.717) is 6.54 Å². The lowest BCUT2D eigenvalue weighted by Gasteiger charge is -2.37. The molecule has 4 heteroatoms. The molecule has 0 radical (unpaired) electrons. The van der Waals surface area contributed by atoms with Gasteiger partial charge in [0, 0.05) is 31.6 Å². The molecule has 0 unspecified atom stereocenters. The average molecular weight is 268 g/mol. The number of hydrogen-bond acceptors (Lipinski definition) is 2. The van der Waals surface area contributed by atoms with Crippen LogP contribution in [0, 0.1) is 11.3 Å². The first-order valence-corrected chi connectivity index (χ1v) is 7.39. The second-order valence-electron chi connectivity index (χ2n) is 6.35. The molecule has 1 saturated heterocycles. The van der Waals surface area contributed by atoms with Crippen molar-refractivity contribution in [2.45, 2.75) is 47.5 Å². The summed E-state index contributed by atoms with van der Waals surface area (Å²) in [6, 6.07) is 0. The van der Waals surface area contributed by atoms with Crippen LogP contribution >= 0.6 is 0 Å². The Kier molecular flexibility index (Phi) is 5.39. The maximum Gasteiger partial charge on any atom is 0.227 e. The number of nitrogens with zero attached hydrogens (tertiary/aromatic N) is 2. The first-order valence-electron chi connectivity index (χ1n) is 7.39. The Morgan fingerprint density at radius 3 is 2.26 bits per heavy atom. The molecule has 0 aromatic heterocycles. The van der Waals surface area contributed by atoms with Gasteiger partial charge in [0.15, 0.2) is 0 Å². The first-order chi connectivity index (χ1) is 8.81. The van der Waals surface area contributed by atoms with Crippen molar-refractivity contribution in [3.63, 3.8) is 0 Å². The Bertz CT molecular complexity index is 330. The summed E-state index contributed by atoms with van der Waals surface area (Å²) in [7, 11) is 0. The Hall–Kier alpha value is -1.06. The fraction of sp³-hybridized carbons (Fsp3) is 0.867. The van der Waals surface area contributed by atoms with Gasteiger partial charge in [-0.15, -0.1) is 0 Å². The maximum absolute atomic E-state index is 12.4. The van der Waals surface area contributed by atoms with Crippen molar-refractivity contribution in [2.75, 3.05) is 26.2 Å². The van der Waals surface area contributed by atoms with Gasteiger partial charge in [-0.25, -0.2) is 0 Å². The largest absolute Gasteiger partial charge is 0.343 e. The van der Waals surface area contributed by atoms with Crippen LogP contribution in [0.2, 0.25) is 0 Å². The fourth-order valence-corrected chi connectivity index (χ4v) is 2.63. The van der Waals surface area contributed by atoms with Gasteiger partial charge in [0.25, 0.3) is 0 Å². The summed E-state index contributed by atoms with van der Waals surface area (Å²) in [5.41, 5.74) is -0.361. The van der Waals surface area contributed by atoms with E-state index in [9.17, 15) is 9.59 Å². The van der Waals surface area contributed by atoms with Crippen LogP contribution in [-0.2, 0) is 9.59 Å². The fourth-order valence-electron chi connectivity index (χ4n) is 2.63. The molecule has 19 heavy (non-hydrogen) atoms. The minimum Gasteiger partial charge on any atom is -0.343 e. The van der Waals surface area contributed by atoms with Gasteiger partial charge < -0.3 is 9.80 Å². The predicted molar refractivity (Wildman–Crippen MR) is 76.7 cm³/mol. The SMILES string of the molecule is CCN(CC)C(=O)[C@@H]1CCCN(C(=O)C(C)(C)C)C1. The number of amides is 2. The quantitative estimate of drug-likeness (QED) is 0.787. The van der Waals surface area contributed by atoms with Crippen LogP contribution in [0.3, 0.4) is 0 Å². The molecule has 0 N–H and O–H groups in total. The van der Waals surface area contributed by atoms with E-state index in [2.05, 4.69) is 0 Å². The number of rotatable bonds is 3. The summed E-state index contributed by atoms with van der Waals surface area (Å²) < 4.78 is 0. The van der Waals surface area contributed by atoms with Gasteiger partial charge in [-0.1, -0.05) is 20.8 Å². The zero-order valence-corrected chi connectivity index (χ0v) is 13.0. The monoisotopic (exact) mass is 268 g/mol. The van der Waals surface area contributed by atoms with Crippen LogP contribution in [0.1, 0.15) is 47.5 Å². The third-order valence-corrected chi connectivity index (χ3v) is 3.77. The molecule has 1 aliphatic rings. The summed E-state index contributed by atoms with van der Waals surface area (Å²) in [4.78, 5) is 28.4. The van der Waals surface area contributed by atoms with Crippen molar-refractivity contribution in [2.24, 2.45) is 11.3 Å². The lowest BCUT2D eigenvalue weighted by Crippen LogP contribution is -2.49. The minimum atomic E-state index is -0.361. The highest BCUT2D eigenvalue weighted by atomic mass is 16.2. The summed E-state index contributed by atoms with van der Waals surface area (Å²) in [5.74, 6) is 0.348. The van der Waals surface area contributed by atoms with E-state index in [1.54, 1.807) is 0 Å². The molecule has 1 fully saturated rings. The Morgan fingerprint density at radius 1 is 1.21 bits per heavy atom. The highest BCUT2D eigenvalue weighted by Gasteiger charge is 2.34.